The summed E-state index contributed by atoms with van der Waals surface area (Å²) in [5.41, 5.74) is 5.83. The highest BCUT2D eigenvalue weighted by molar-refractivity contribution is 4.82. The Labute approximate surface area is 303 Å². The molecule has 0 atom stereocenters. The molecule has 0 aromatic rings. The van der Waals surface area contributed by atoms with E-state index >= 15 is 0 Å². The van der Waals surface area contributed by atoms with Crippen LogP contribution in [0.4, 0.5) is 0 Å². The predicted octanol–water partition coefficient (Wildman–Crippen LogP) is 12.3. The van der Waals surface area contributed by atoms with Crippen molar-refractivity contribution in [3.05, 3.63) is 24.3 Å². The zero-order valence-electron chi connectivity index (χ0n) is 33.2. The lowest BCUT2D eigenvalue weighted by atomic mass is 10.1. The van der Waals surface area contributed by atoms with Gasteiger partial charge >= 0.3 is 0 Å². The summed E-state index contributed by atoms with van der Waals surface area (Å²) in [5.74, 6) is 0. The molecule has 4 nitrogen and oxygen atoms in total. The molecule has 0 rings (SSSR count). The van der Waals surface area contributed by atoms with E-state index in [1.165, 1.54) is 199 Å². The van der Waals surface area contributed by atoms with Crippen molar-refractivity contribution >= 4 is 0 Å². The van der Waals surface area contributed by atoms with Gasteiger partial charge < -0.3 is 21.3 Å². The molecule has 0 aromatic carbocycles. The highest BCUT2D eigenvalue weighted by Gasteiger charge is 2.04. The first-order valence-electron chi connectivity index (χ1n) is 22.0. The highest BCUT2D eigenvalue weighted by Crippen LogP contribution is 2.12. The number of nitrogens with one attached hydrogen (secondary N) is 2. The summed E-state index contributed by atoms with van der Waals surface area (Å²) in [7, 11) is 0. The molecule has 4 heteroatoms. The normalized spacial score (nSPS) is 12.1. The number of nitrogens with two attached hydrogens (primary N) is 1. The lowest BCUT2D eigenvalue weighted by molar-refractivity contribution is 0.264. The van der Waals surface area contributed by atoms with Gasteiger partial charge in [0.2, 0.25) is 0 Å². The van der Waals surface area contributed by atoms with Gasteiger partial charge in [0.15, 0.2) is 0 Å². The van der Waals surface area contributed by atoms with E-state index in [2.05, 4.69) is 53.7 Å². The van der Waals surface area contributed by atoms with Gasteiger partial charge in [0.1, 0.15) is 0 Å². The Morgan fingerprint density at radius 2 is 0.708 bits per heavy atom. The topological polar surface area (TPSA) is 53.3 Å². The maximum Gasteiger partial charge on any atom is 0.0107 e. The lowest BCUT2D eigenvalue weighted by Crippen LogP contribution is -2.35. The second-order valence-electron chi connectivity index (χ2n) is 14.7. The molecule has 0 saturated heterocycles. The number of hydrogen-bond acceptors (Lipinski definition) is 4. The zero-order valence-corrected chi connectivity index (χ0v) is 33.2. The van der Waals surface area contributed by atoms with Crippen LogP contribution in [0.5, 0.6) is 0 Å². The van der Waals surface area contributed by atoms with Gasteiger partial charge in [-0.05, 0) is 116 Å². The van der Waals surface area contributed by atoms with Crippen LogP contribution in [0.25, 0.3) is 0 Å². The third-order valence-electron chi connectivity index (χ3n) is 9.84. The van der Waals surface area contributed by atoms with Gasteiger partial charge in [0, 0.05) is 13.1 Å². The van der Waals surface area contributed by atoms with Gasteiger partial charge in [0.25, 0.3) is 0 Å². The van der Waals surface area contributed by atoms with Crippen molar-refractivity contribution in [1.82, 2.24) is 15.5 Å². The van der Waals surface area contributed by atoms with E-state index in [0.717, 1.165) is 45.7 Å². The first-order valence-corrected chi connectivity index (χ1v) is 22.0. The molecule has 0 heterocycles. The minimum Gasteiger partial charge on any atom is -0.330 e. The molecule has 0 aliphatic rings. The van der Waals surface area contributed by atoms with Gasteiger partial charge in [-0.15, -0.1) is 0 Å². The molecule has 0 saturated carbocycles. The average Bonchev–Trinajstić information content (AvgIpc) is 3.10. The molecule has 0 spiro atoms. The minimum absolute atomic E-state index is 0.806. The molecule has 0 amide bonds. The van der Waals surface area contributed by atoms with Crippen molar-refractivity contribution in [3.8, 4) is 0 Å². The number of rotatable bonds is 42. The van der Waals surface area contributed by atoms with E-state index in [4.69, 9.17) is 5.73 Å². The van der Waals surface area contributed by atoms with Crippen molar-refractivity contribution in [2.45, 2.75) is 206 Å². The standard InChI is InChI=1S/C44H90N4/c1-3-5-7-9-11-13-15-17-19-21-23-25-27-29-31-33-38-46-39-36-40-47-41-44-48(43-35-37-45)42-34-32-30-28-26-24-22-20-18-16-14-12-10-8-6-4-2/h17-20,46-47H,3-16,21-45H2,1-2H3/b19-17-,20-18-. The van der Waals surface area contributed by atoms with Crippen LogP contribution in [0.1, 0.15) is 206 Å². The zero-order chi connectivity index (χ0) is 34.7. The molecule has 0 unspecified atom stereocenters. The quantitative estimate of drug-likeness (QED) is 0.0445. The van der Waals surface area contributed by atoms with Crippen LogP contribution in [0.2, 0.25) is 0 Å². The Bertz CT molecular complexity index is 619. The molecular formula is C44H90N4. The molecular weight excluding hydrogens is 585 g/mol. The van der Waals surface area contributed by atoms with Gasteiger partial charge in [-0.1, -0.05) is 154 Å². The summed E-state index contributed by atoms with van der Waals surface area (Å²) in [6.07, 6.45) is 50.7. The largest absolute Gasteiger partial charge is 0.330 e. The van der Waals surface area contributed by atoms with E-state index in [-0.39, 0.29) is 0 Å². The van der Waals surface area contributed by atoms with Crippen molar-refractivity contribution < 1.29 is 0 Å². The Morgan fingerprint density at radius 1 is 0.354 bits per heavy atom. The average molecular weight is 675 g/mol. The summed E-state index contributed by atoms with van der Waals surface area (Å²) < 4.78 is 0. The number of allylic oxidation sites excluding steroid dienone is 4. The third-order valence-corrected chi connectivity index (χ3v) is 9.84. The third kappa shape index (κ3) is 41.5. The summed E-state index contributed by atoms with van der Waals surface area (Å²) in [5, 5.41) is 7.34. The van der Waals surface area contributed by atoms with Crippen LogP contribution >= 0.6 is 0 Å². The summed E-state index contributed by atoms with van der Waals surface area (Å²) in [6, 6.07) is 0. The van der Waals surface area contributed by atoms with Crippen LogP contribution in [0.3, 0.4) is 0 Å². The number of unbranched alkanes of at least 4 members (excludes halogenated alkanes) is 24. The maximum atomic E-state index is 5.83. The molecule has 0 aliphatic heterocycles. The predicted molar refractivity (Wildman–Crippen MR) is 219 cm³/mol. The lowest BCUT2D eigenvalue weighted by Gasteiger charge is -2.22. The first-order chi connectivity index (χ1) is 23.8. The Kier molecular flexibility index (Phi) is 43.7. The van der Waals surface area contributed by atoms with Crippen molar-refractivity contribution in [2.75, 3.05) is 52.4 Å². The number of nitrogens with zero attached hydrogens (tertiary/aromatic N) is 1. The van der Waals surface area contributed by atoms with Crippen LogP contribution < -0.4 is 16.4 Å². The molecule has 0 aliphatic carbocycles. The van der Waals surface area contributed by atoms with Crippen LogP contribution in [0.15, 0.2) is 24.3 Å². The van der Waals surface area contributed by atoms with Crippen molar-refractivity contribution in [2.24, 2.45) is 5.73 Å². The fourth-order valence-electron chi connectivity index (χ4n) is 6.56. The molecule has 286 valence electrons. The maximum absolute atomic E-state index is 5.83. The molecule has 0 radical (unpaired) electrons. The fraction of sp³-hybridized carbons (Fsp3) is 0.909. The van der Waals surface area contributed by atoms with Crippen LogP contribution in [-0.2, 0) is 0 Å². The van der Waals surface area contributed by atoms with Crippen LogP contribution in [-0.4, -0.2) is 57.3 Å². The van der Waals surface area contributed by atoms with Crippen LogP contribution in [0, 0.1) is 0 Å². The molecule has 0 aromatic heterocycles. The SMILES string of the molecule is CCCCCCCC/C=C\CCCCCCCCNCCCNCCN(CCCN)CCCCCCCC/C=C\CCCCCCCC. The number of hydrogen-bond donors (Lipinski definition) is 3. The van der Waals surface area contributed by atoms with Gasteiger partial charge in [-0.25, -0.2) is 0 Å². The Balaban J connectivity index is 3.46. The smallest absolute Gasteiger partial charge is 0.0107 e. The van der Waals surface area contributed by atoms with E-state index in [9.17, 15) is 0 Å². The molecule has 0 bridgehead atoms. The molecule has 4 N–H and O–H groups in total. The van der Waals surface area contributed by atoms with E-state index in [1.54, 1.807) is 0 Å². The molecule has 48 heavy (non-hydrogen) atoms. The van der Waals surface area contributed by atoms with Gasteiger partial charge in [-0.2, -0.15) is 0 Å². The van der Waals surface area contributed by atoms with E-state index in [1.807, 2.05) is 0 Å². The Hall–Kier alpha value is -0.680. The minimum atomic E-state index is 0.806. The van der Waals surface area contributed by atoms with E-state index < -0.39 is 0 Å². The van der Waals surface area contributed by atoms with Crippen molar-refractivity contribution in [3.63, 3.8) is 0 Å². The second kappa shape index (κ2) is 44.3. The highest BCUT2D eigenvalue weighted by atomic mass is 15.1. The van der Waals surface area contributed by atoms with E-state index in [0.29, 0.717) is 0 Å². The summed E-state index contributed by atoms with van der Waals surface area (Å²) >= 11 is 0. The first kappa shape index (κ1) is 47.3. The monoisotopic (exact) mass is 675 g/mol. The summed E-state index contributed by atoms with van der Waals surface area (Å²) in [6.45, 7) is 13.5. The van der Waals surface area contributed by atoms with Gasteiger partial charge in [-0.3, -0.25) is 0 Å². The second-order valence-corrected chi connectivity index (χ2v) is 14.7. The Morgan fingerprint density at radius 3 is 1.17 bits per heavy atom. The summed E-state index contributed by atoms with van der Waals surface area (Å²) in [4.78, 5) is 2.64. The van der Waals surface area contributed by atoms with Crippen molar-refractivity contribution in [1.29, 1.82) is 0 Å². The molecule has 0 fully saturated rings. The fourth-order valence-corrected chi connectivity index (χ4v) is 6.56. The van der Waals surface area contributed by atoms with Gasteiger partial charge in [0.05, 0.1) is 0 Å².